The van der Waals surface area contributed by atoms with Crippen LogP contribution in [0.1, 0.15) is 40.0 Å². The number of carboxylic acids is 1. The summed E-state index contributed by atoms with van der Waals surface area (Å²) in [5, 5.41) is 19.9. The van der Waals surface area contributed by atoms with Gasteiger partial charge in [-0.3, -0.25) is 4.79 Å². The highest BCUT2D eigenvalue weighted by Gasteiger charge is 2.57. The maximum atomic E-state index is 11.9. The molecular weight excluding hydrogens is 268 g/mol. The lowest BCUT2D eigenvalue weighted by molar-refractivity contribution is -0.131. The number of rotatable bonds is 4. The number of aliphatic carboxylic acids is 1. The Balaban J connectivity index is 2.40. The van der Waals surface area contributed by atoms with Crippen LogP contribution in [0.3, 0.4) is 0 Å². The van der Waals surface area contributed by atoms with Gasteiger partial charge < -0.3 is 10.2 Å². The third kappa shape index (κ3) is 2.86. The van der Waals surface area contributed by atoms with Crippen LogP contribution in [0.4, 0.5) is 0 Å². The van der Waals surface area contributed by atoms with Gasteiger partial charge in [0.15, 0.2) is 5.78 Å². The van der Waals surface area contributed by atoms with Crippen LogP contribution in [-0.2, 0) is 9.59 Å². The fraction of sp³-hybridized carbons (Fsp3) is 0.529. The van der Waals surface area contributed by atoms with E-state index in [2.05, 4.69) is 0 Å². The molecule has 2 aliphatic carbocycles. The monoisotopic (exact) mass is 290 g/mol. The van der Waals surface area contributed by atoms with Crippen LogP contribution >= 0.6 is 0 Å². The zero-order valence-electron chi connectivity index (χ0n) is 12.7. The fourth-order valence-corrected chi connectivity index (χ4v) is 3.34. The molecule has 2 aliphatic rings. The fourth-order valence-electron chi connectivity index (χ4n) is 3.34. The second kappa shape index (κ2) is 5.26. The smallest absolute Gasteiger partial charge is 0.328 e. The van der Waals surface area contributed by atoms with Crippen molar-refractivity contribution in [1.29, 1.82) is 0 Å². The molecule has 0 bridgehead atoms. The van der Waals surface area contributed by atoms with Crippen molar-refractivity contribution in [3.63, 3.8) is 0 Å². The molecule has 2 rings (SSSR count). The molecule has 0 aromatic rings. The molecule has 0 spiro atoms. The van der Waals surface area contributed by atoms with Gasteiger partial charge in [0.05, 0.1) is 0 Å². The van der Waals surface area contributed by atoms with E-state index in [-0.39, 0.29) is 5.78 Å². The third-order valence-electron chi connectivity index (χ3n) is 4.81. The minimum Gasteiger partial charge on any atom is -0.478 e. The summed E-state index contributed by atoms with van der Waals surface area (Å²) in [6.45, 7) is 5.40. The Morgan fingerprint density at radius 1 is 1.43 bits per heavy atom. The van der Waals surface area contributed by atoms with Crippen LogP contribution in [0.25, 0.3) is 0 Å². The van der Waals surface area contributed by atoms with Crippen molar-refractivity contribution in [2.45, 2.75) is 45.6 Å². The van der Waals surface area contributed by atoms with Crippen LogP contribution in [0.15, 0.2) is 35.5 Å². The van der Waals surface area contributed by atoms with Gasteiger partial charge in [0.1, 0.15) is 5.60 Å². The van der Waals surface area contributed by atoms with E-state index < -0.39 is 17.0 Å². The number of hydrogen-bond acceptors (Lipinski definition) is 3. The van der Waals surface area contributed by atoms with E-state index in [9.17, 15) is 14.7 Å². The summed E-state index contributed by atoms with van der Waals surface area (Å²) in [5.74, 6) is -0.624. The molecule has 0 amide bonds. The summed E-state index contributed by atoms with van der Waals surface area (Å²) in [7, 11) is 0. The van der Waals surface area contributed by atoms with E-state index in [0.29, 0.717) is 23.5 Å². The maximum Gasteiger partial charge on any atom is 0.328 e. The van der Waals surface area contributed by atoms with Gasteiger partial charge in [-0.05, 0) is 55.9 Å². The predicted molar refractivity (Wildman–Crippen MR) is 79.7 cm³/mol. The molecule has 2 atom stereocenters. The Hall–Kier alpha value is -1.68. The standard InChI is InChI=1S/C17H22O4/c1-11(8-15(19)20)6-7-17(21)12(2)9-14(18)10-16(17,3)13-4-5-13/h6-9,13,21H,4-5,10H2,1-3H3,(H,19,20)/b7-6+,11-8-. The van der Waals surface area contributed by atoms with Gasteiger partial charge in [0.2, 0.25) is 0 Å². The molecule has 0 aliphatic heterocycles. The molecule has 114 valence electrons. The summed E-state index contributed by atoms with van der Waals surface area (Å²) >= 11 is 0. The molecule has 0 aromatic carbocycles. The van der Waals surface area contributed by atoms with Crippen molar-refractivity contribution in [1.82, 2.24) is 0 Å². The van der Waals surface area contributed by atoms with Crippen molar-refractivity contribution in [2.75, 3.05) is 0 Å². The molecule has 21 heavy (non-hydrogen) atoms. The molecule has 0 saturated heterocycles. The lowest BCUT2D eigenvalue weighted by Gasteiger charge is -2.47. The van der Waals surface area contributed by atoms with Gasteiger partial charge in [0.25, 0.3) is 0 Å². The summed E-state index contributed by atoms with van der Waals surface area (Å²) in [6.07, 6.45) is 8.26. The zero-order valence-corrected chi connectivity index (χ0v) is 12.7. The lowest BCUT2D eigenvalue weighted by Crippen LogP contribution is -2.51. The third-order valence-corrected chi connectivity index (χ3v) is 4.81. The number of allylic oxidation sites excluding steroid dienone is 3. The van der Waals surface area contributed by atoms with E-state index in [1.54, 1.807) is 26.0 Å². The lowest BCUT2D eigenvalue weighted by atomic mass is 9.60. The minimum absolute atomic E-state index is 0.0535. The van der Waals surface area contributed by atoms with E-state index >= 15 is 0 Å². The Morgan fingerprint density at radius 3 is 2.57 bits per heavy atom. The van der Waals surface area contributed by atoms with Gasteiger partial charge in [-0.2, -0.15) is 0 Å². The van der Waals surface area contributed by atoms with Crippen LogP contribution < -0.4 is 0 Å². The molecule has 1 fully saturated rings. The number of aliphatic hydroxyl groups is 1. The van der Waals surface area contributed by atoms with Gasteiger partial charge in [0, 0.05) is 17.9 Å². The molecule has 0 heterocycles. The molecule has 0 aromatic heterocycles. The first-order chi connectivity index (χ1) is 9.69. The van der Waals surface area contributed by atoms with Gasteiger partial charge >= 0.3 is 5.97 Å². The van der Waals surface area contributed by atoms with Crippen LogP contribution in [-0.4, -0.2) is 27.6 Å². The Kier molecular flexibility index (Phi) is 3.93. The molecule has 4 heteroatoms. The maximum absolute atomic E-state index is 11.9. The first-order valence-corrected chi connectivity index (χ1v) is 7.23. The van der Waals surface area contributed by atoms with Gasteiger partial charge in [-0.25, -0.2) is 4.79 Å². The first kappa shape index (κ1) is 15.7. The summed E-state index contributed by atoms with van der Waals surface area (Å²) in [4.78, 5) is 22.6. The zero-order chi connectivity index (χ0) is 15.8. The van der Waals surface area contributed by atoms with E-state index in [1.807, 2.05) is 6.92 Å². The molecule has 1 saturated carbocycles. The van der Waals surface area contributed by atoms with E-state index in [4.69, 9.17) is 5.11 Å². The quantitative estimate of drug-likeness (QED) is 0.616. The molecule has 2 N–H and O–H groups in total. The SMILES string of the molecule is CC1=CC(=O)CC(C)(C2CC2)C1(O)/C=C/C(C)=C\C(=O)O. The largest absolute Gasteiger partial charge is 0.478 e. The second-order valence-corrected chi connectivity index (χ2v) is 6.49. The van der Waals surface area contributed by atoms with Crippen molar-refractivity contribution in [3.8, 4) is 0 Å². The molecule has 2 unspecified atom stereocenters. The topological polar surface area (TPSA) is 74.6 Å². The average molecular weight is 290 g/mol. The Labute approximate surface area is 124 Å². The summed E-state index contributed by atoms with van der Waals surface area (Å²) in [5.41, 5.74) is -0.523. The van der Waals surface area contributed by atoms with Crippen LogP contribution in [0, 0.1) is 11.3 Å². The van der Waals surface area contributed by atoms with Crippen LogP contribution in [0.5, 0.6) is 0 Å². The number of carboxylic acid groups (broad SMARTS) is 1. The predicted octanol–water partition coefficient (Wildman–Crippen LogP) is 2.64. The number of carbonyl (C=O) groups is 2. The highest BCUT2D eigenvalue weighted by Crippen LogP contribution is 2.57. The second-order valence-electron chi connectivity index (χ2n) is 6.49. The van der Waals surface area contributed by atoms with Crippen molar-refractivity contribution < 1.29 is 19.8 Å². The number of ketones is 1. The van der Waals surface area contributed by atoms with E-state index in [1.165, 1.54) is 6.08 Å². The van der Waals surface area contributed by atoms with Gasteiger partial charge in [-0.15, -0.1) is 0 Å². The Bertz CT molecular complexity index is 565. The number of hydrogen-bond donors (Lipinski definition) is 2. The highest BCUT2D eigenvalue weighted by atomic mass is 16.4. The van der Waals surface area contributed by atoms with Crippen molar-refractivity contribution >= 4 is 11.8 Å². The average Bonchev–Trinajstić information content (AvgIpc) is 3.17. The number of carbonyl (C=O) groups excluding carboxylic acids is 1. The van der Waals surface area contributed by atoms with Crippen LogP contribution in [0.2, 0.25) is 0 Å². The Morgan fingerprint density at radius 2 is 2.05 bits per heavy atom. The summed E-state index contributed by atoms with van der Waals surface area (Å²) < 4.78 is 0. The highest BCUT2D eigenvalue weighted by molar-refractivity contribution is 5.93. The summed E-state index contributed by atoms with van der Waals surface area (Å²) in [6, 6.07) is 0. The molecular formula is C17H22O4. The van der Waals surface area contributed by atoms with E-state index in [0.717, 1.165) is 18.9 Å². The van der Waals surface area contributed by atoms with Crippen molar-refractivity contribution in [2.24, 2.45) is 11.3 Å². The molecule has 4 nitrogen and oxygen atoms in total. The molecule has 0 radical (unpaired) electrons. The minimum atomic E-state index is -1.20. The van der Waals surface area contributed by atoms with Gasteiger partial charge in [-0.1, -0.05) is 13.0 Å². The van der Waals surface area contributed by atoms with Crippen molar-refractivity contribution in [3.05, 3.63) is 35.5 Å². The first-order valence-electron chi connectivity index (χ1n) is 7.23. The normalized spacial score (nSPS) is 34.2.